The van der Waals surface area contributed by atoms with E-state index in [4.69, 9.17) is 28.0 Å². The summed E-state index contributed by atoms with van der Waals surface area (Å²) >= 11 is 0. The number of rotatable bonds is 15. The summed E-state index contributed by atoms with van der Waals surface area (Å²) in [5.41, 5.74) is 20.6. The van der Waals surface area contributed by atoms with Crippen LogP contribution < -0.4 is 38.9 Å². The molecule has 0 aliphatic carbocycles. The van der Waals surface area contributed by atoms with Crippen molar-refractivity contribution in [2.75, 3.05) is 0 Å². The molecule has 15 nitrogen and oxygen atoms in total. The molecule has 4 unspecified atom stereocenters. The van der Waals surface area contributed by atoms with E-state index in [-0.39, 0.29) is 25.7 Å². The molecule has 4 atom stereocenters. The van der Waals surface area contributed by atoms with Crippen LogP contribution in [0.5, 0.6) is 0 Å². The van der Waals surface area contributed by atoms with Crippen molar-refractivity contribution in [1.29, 1.82) is 0 Å². The Bertz CT molecular complexity index is 757. The average molecular weight is 459 g/mol. The summed E-state index contributed by atoms with van der Waals surface area (Å²) in [6.07, 6.45) is -1.50. The van der Waals surface area contributed by atoms with Crippen molar-refractivity contribution in [3.8, 4) is 0 Å². The number of nitrogens with one attached hydrogen (secondary N) is 3. The molecule has 0 aromatic heterocycles. The van der Waals surface area contributed by atoms with Crippen LogP contribution in [0.25, 0.3) is 0 Å². The lowest BCUT2D eigenvalue weighted by atomic mass is 10.1. The smallest absolute Gasteiger partial charge is 0.326 e. The quantitative estimate of drug-likeness (QED) is 0.116. The molecular formula is C17H29N7O8. The molecule has 0 saturated heterocycles. The number of hydrogen-bond acceptors (Lipinski definition) is 8. The summed E-state index contributed by atoms with van der Waals surface area (Å²) < 4.78 is 0. The van der Waals surface area contributed by atoms with E-state index in [9.17, 15) is 33.6 Å². The van der Waals surface area contributed by atoms with Gasteiger partial charge in [0.05, 0.1) is 12.5 Å². The van der Waals surface area contributed by atoms with Crippen LogP contribution in [0.1, 0.15) is 39.0 Å². The number of primary amides is 3. The van der Waals surface area contributed by atoms with E-state index >= 15 is 0 Å². The van der Waals surface area contributed by atoms with Gasteiger partial charge in [0.1, 0.15) is 18.1 Å². The molecule has 15 heteroatoms. The molecule has 180 valence electrons. The van der Waals surface area contributed by atoms with Crippen molar-refractivity contribution in [3.05, 3.63) is 0 Å². The lowest BCUT2D eigenvalue weighted by Gasteiger charge is -2.23. The van der Waals surface area contributed by atoms with Gasteiger partial charge in [-0.3, -0.25) is 28.8 Å². The standard InChI is InChI=1S/C17H29N7O8/c1-7(22-15(29)8(18)2-4-11(19)25)14(28)23-9(3-5-12(20)26)16(30)24-10(17(31)32)6-13(21)27/h7-10H,2-6,18H2,1H3,(H2,19,25)(H2,20,26)(H2,21,27)(H,22,29)(H,23,28)(H,24,30)(H,31,32). The van der Waals surface area contributed by atoms with Gasteiger partial charge in [-0.25, -0.2) is 4.79 Å². The number of carboxylic acids is 1. The molecule has 0 aromatic rings. The summed E-state index contributed by atoms with van der Waals surface area (Å²) in [6.45, 7) is 1.28. The summed E-state index contributed by atoms with van der Waals surface area (Å²) in [4.78, 5) is 80.9. The van der Waals surface area contributed by atoms with Crippen molar-refractivity contribution in [2.24, 2.45) is 22.9 Å². The Kier molecular flexibility index (Phi) is 11.9. The zero-order valence-corrected chi connectivity index (χ0v) is 17.5. The van der Waals surface area contributed by atoms with Gasteiger partial charge in [-0.15, -0.1) is 0 Å². The molecule has 0 radical (unpaired) electrons. The highest BCUT2D eigenvalue weighted by Crippen LogP contribution is 2.02. The van der Waals surface area contributed by atoms with Gasteiger partial charge in [-0.05, 0) is 19.8 Å². The Morgan fingerprint density at radius 3 is 1.69 bits per heavy atom. The van der Waals surface area contributed by atoms with Crippen LogP contribution in [-0.4, -0.2) is 70.7 Å². The highest BCUT2D eigenvalue weighted by Gasteiger charge is 2.29. The molecular weight excluding hydrogens is 430 g/mol. The van der Waals surface area contributed by atoms with Gasteiger partial charge in [0.25, 0.3) is 0 Å². The van der Waals surface area contributed by atoms with Crippen LogP contribution in [-0.2, 0) is 33.6 Å². The second kappa shape index (κ2) is 13.5. The first-order chi connectivity index (χ1) is 14.7. The zero-order chi connectivity index (χ0) is 25.0. The Labute approximate surface area is 183 Å². The fourth-order valence-electron chi connectivity index (χ4n) is 2.34. The predicted octanol–water partition coefficient (Wildman–Crippen LogP) is -4.72. The Hall–Kier alpha value is -3.75. The Balaban J connectivity index is 5.16. The van der Waals surface area contributed by atoms with E-state index in [2.05, 4.69) is 10.6 Å². The third-order valence-corrected chi connectivity index (χ3v) is 4.12. The first-order valence-corrected chi connectivity index (χ1v) is 9.49. The summed E-state index contributed by atoms with van der Waals surface area (Å²) in [7, 11) is 0. The zero-order valence-electron chi connectivity index (χ0n) is 17.5. The second-order valence-corrected chi connectivity index (χ2v) is 6.98. The normalized spacial score (nSPS) is 14.2. The van der Waals surface area contributed by atoms with Gasteiger partial charge in [0, 0.05) is 12.8 Å². The van der Waals surface area contributed by atoms with Crippen molar-refractivity contribution >= 4 is 41.4 Å². The van der Waals surface area contributed by atoms with Crippen LogP contribution in [0.3, 0.4) is 0 Å². The average Bonchev–Trinajstić information content (AvgIpc) is 2.67. The maximum atomic E-state index is 12.4. The first-order valence-electron chi connectivity index (χ1n) is 9.49. The van der Waals surface area contributed by atoms with E-state index in [1.807, 2.05) is 5.32 Å². The summed E-state index contributed by atoms with van der Waals surface area (Å²) in [5, 5.41) is 15.7. The van der Waals surface area contributed by atoms with Gasteiger partial charge in [0.15, 0.2) is 0 Å². The van der Waals surface area contributed by atoms with E-state index in [0.29, 0.717) is 0 Å². The first kappa shape index (κ1) is 28.2. The minimum atomic E-state index is -1.66. The van der Waals surface area contributed by atoms with Crippen LogP contribution in [0, 0.1) is 0 Å². The molecule has 0 fully saturated rings. The van der Waals surface area contributed by atoms with Crippen LogP contribution in [0.2, 0.25) is 0 Å². The molecule has 0 spiro atoms. The highest BCUT2D eigenvalue weighted by atomic mass is 16.4. The maximum Gasteiger partial charge on any atom is 0.326 e. The molecule has 0 heterocycles. The van der Waals surface area contributed by atoms with Crippen molar-refractivity contribution in [1.82, 2.24) is 16.0 Å². The van der Waals surface area contributed by atoms with Gasteiger partial charge in [0.2, 0.25) is 35.4 Å². The van der Waals surface area contributed by atoms with Gasteiger partial charge in [-0.1, -0.05) is 0 Å². The fourth-order valence-corrected chi connectivity index (χ4v) is 2.34. The molecule has 0 bridgehead atoms. The number of hydrogen-bond donors (Lipinski definition) is 8. The van der Waals surface area contributed by atoms with Crippen molar-refractivity contribution in [2.45, 2.75) is 63.2 Å². The van der Waals surface area contributed by atoms with Gasteiger partial charge in [-0.2, -0.15) is 0 Å². The molecule has 32 heavy (non-hydrogen) atoms. The van der Waals surface area contributed by atoms with E-state index < -0.39 is 72.0 Å². The monoisotopic (exact) mass is 459 g/mol. The molecule has 0 aliphatic heterocycles. The third kappa shape index (κ3) is 11.4. The lowest BCUT2D eigenvalue weighted by molar-refractivity contribution is -0.144. The SMILES string of the molecule is CC(NC(=O)C(N)CCC(N)=O)C(=O)NC(CCC(N)=O)C(=O)NC(CC(N)=O)C(=O)O. The molecule has 0 saturated carbocycles. The molecule has 0 rings (SSSR count). The predicted molar refractivity (Wildman–Crippen MR) is 108 cm³/mol. The topological polar surface area (TPSA) is 280 Å². The van der Waals surface area contributed by atoms with Crippen LogP contribution >= 0.6 is 0 Å². The highest BCUT2D eigenvalue weighted by molar-refractivity contribution is 5.95. The minimum Gasteiger partial charge on any atom is -0.480 e. The summed E-state index contributed by atoms with van der Waals surface area (Å²) in [5.74, 6) is -6.58. The molecule has 0 aromatic carbocycles. The van der Waals surface area contributed by atoms with E-state index in [1.54, 1.807) is 0 Å². The maximum absolute atomic E-state index is 12.4. The molecule has 0 aliphatic rings. The molecule has 6 amide bonds. The summed E-state index contributed by atoms with van der Waals surface area (Å²) in [6, 6.07) is -5.37. The van der Waals surface area contributed by atoms with E-state index in [0.717, 1.165) is 0 Å². The number of aliphatic carboxylic acids is 1. The molecule has 12 N–H and O–H groups in total. The third-order valence-electron chi connectivity index (χ3n) is 4.12. The van der Waals surface area contributed by atoms with Gasteiger partial charge >= 0.3 is 5.97 Å². The Morgan fingerprint density at radius 2 is 1.22 bits per heavy atom. The number of carboxylic acid groups (broad SMARTS) is 1. The minimum absolute atomic E-state index is 0.0460. The fraction of sp³-hybridized carbons (Fsp3) is 0.588. The van der Waals surface area contributed by atoms with Crippen LogP contribution in [0.4, 0.5) is 0 Å². The van der Waals surface area contributed by atoms with Crippen LogP contribution in [0.15, 0.2) is 0 Å². The van der Waals surface area contributed by atoms with E-state index in [1.165, 1.54) is 6.92 Å². The van der Waals surface area contributed by atoms with Crippen molar-refractivity contribution < 1.29 is 38.7 Å². The number of carbonyl (C=O) groups is 7. The number of nitrogens with two attached hydrogens (primary N) is 4. The van der Waals surface area contributed by atoms with Gasteiger partial charge < -0.3 is 44.0 Å². The second-order valence-electron chi connectivity index (χ2n) is 6.98. The lowest BCUT2D eigenvalue weighted by Crippen LogP contribution is -2.56. The Morgan fingerprint density at radius 1 is 0.719 bits per heavy atom. The number of amides is 6. The largest absolute Gasteiger partial charge is 0.480 e. The number of carbonyl (C=O) groups excluding carboxylic acids is 6. The van der Waals surface area contributed by atoms with Crippen molar-refractivity contribution in [3.63, 3.8) is 0 Å².